The van der Waals surface area contributed by atoms with Crippen molar-refractivity contribution in [1.29, 1.82) is 5.26 Å². The molecule has 0 saturated carbocycles. The van der Waals surface area contributed by atoms with E-state index in [4.69, 9.17) is 10.5 Å². The molecule has 1 aliphatic carbocycles. The predicted molar refractivity (Wildman–Crippen MR) is 101 cm³/mol. The van der Waals surface area contributed by atoms with E-state index in [1.807, 2.05) is 32.0 Å². The van der Waals surface area contributed by atoms with Gasteiger partial charge in [-0.3, -0.25) is 9.59 Å². The third-order valence-corrected chi connectivity index (χ3v) is 5.24. The summed E-state index contributed by atoms with van der Waals surface area (Å²) >= 11 is 0. The van der Waals surface area contributed by atoms with Gasteiger partial charge in [0.05, 0.1) is 11.4 Å². The molecule has 2 aliphatic rings. The van der Waals surface area contributed by atoms with Crippen LogP contribution in [-0.4, -0.2) is 10.8 Å². The zero-order valence-corrected chi connectivity index (χ0v) is 15.2. The van der Waals surface area contributed by atoms with E-state index in [2.05, 4.69) is 4.98 Å². The first kappa shape index (κ1) is 17.1. The number of hydrogen-bond acceptors (Lipinski definition) is 5. The Morgan fingerprint density at radius 1 is 1.22 bits per heavy atom. The Morgan fingerprint density at radius 3 is 2.74 bits per heavy atom. The van der Waals surface area contributed by atoms with E-state index in [1.165, 1.54) is 0 Å². The number of nitrogens with one attached hydrogen (secondary N) is 1. The summed E-state index contributed by atoms with van der Waals surface area (Å²) in [5, 5.41) is 10.5. The first-order valence-electron chi connectivity index (χ1n) is 8.88. The van der Waals surface area contributed by atoms with Crippen molar-refractivity contribution < 1.29 is 9.53 Å². The van der Waals surface area contributed by atoms with Crippen molar-refractivity contribution in [3.63, 3.8) is 0 Å². The topological polar surface area (TPSA) is 109 Å². The average Bonchev–Trinajstić information content (AvgIpc) is 2.61. The number of nitrogens with zero attached hydrogens (tertiary/aromatic N) is 1. The Bertz CT molecular complexity index is 1160. The molecule has 1 aliphatic heterocycles. The fourth-order valence-corrected chi connectivity index (χ4v) is 4.09. The summed E-state index contributed by atoms with van der Waals surface area (Å²) in [7, 11) is 0. The van der Waals surface area contributed by atoms with Gasteiger partial charge in [0, 0.05) is 24.0 Å². The maximum absolute atomic E-state index is 12.9. The van der Waals surface area contributed by atoms with Crippen LogP contribution in [0.3, 0.4) is 0 Å². The molecule has 1 atom stereocenters. The van der Waals surface area contributed by atoms with Crippen molar-refractivity contribution in [2.75, 3.05) is 0 Å². The monoisotopic (exact) mass is 361 g/mol. The number of benzene rings is 1. The van der Waals surface area contributed by atoms with Crippen molar-refractivity contribution in [2.45, 2.75) is 39.0 Å². The zero-order chi connectivity index (χ0) is 19.3. The van der Waals surface area contributed by atoms with Gasteiger partial charge in [-0.15, -0.1) is 0 Å². The summed E-state index contributed by atoms with van der Waals surface area (Å²) in [5.41, 5.74) is 9.25. The molecular formula is C21H19N3O3. The molecule has 0 fully saturated rings. The number of ether oxygens (including phenoxy) is 1. The van der Waals surface area contributed by atoms with Gasteiger partial charge >= 0.3 is 0 Å². The highest BCUT2D eigenvalue weighted by Crippen LogP contribution is 2.42. The van der Waals surface area contributed by atoms with Gasteiger partial charge in [0.1, 0.15) is 17.4 Å². The highest BCUT2D eigenvalue weighted by atomic mass is 16.5. The molecule has 136 valence electrons. The van der Waals surface area contributed by atoms with Crippen molar-refractivity contribution in [3.8, 4) is 6.07 Å². The first-order chi connectivity index (χ1) is 12.9. The van der Waals surface area contributed by atoms with Crippen LogP contribution in [0.1, 0.15) is 41.9 Å². The second kappa shape index (κ2) is 6.13. The summed E-state index contributed by atoms with van der Waals surface area (Å²) in [6.45, 7) is 3.92. The lowest BCUT2D eigenvalue weighted by atomic mass is 9.77. The molecule has 6 heteroatoms. The van der Waals surface area contributed by atoms with Crippen LogP contribution in [0.4, 0.5) is 0 Å². The number of nitriles is 1. The number of H-pyrrole nitrogens is 1. The maximum Gasteiger partial charge on any atom is 0.252 e. The fourth-order valence-electron chi connectivity index (χ4n) is 4.09. The summed E-state index contributed by atoms with van der Waals surface area (Å²) < 4.78 is 5.56. The quantitative estimate of drug-likeness (QED) is 0.811. The Kier molecular flexibility index (Phi) is 3.88. The number of Topliss-reactive ketones (excluding diaryl/α,β-unsaturated/α-hetero) is 1. The third-order valence-electron chi connectivity index (χ3n) is 5.24. The van der Waals surface area contributed by atoms with Crippen LogP contribution in [0, 0.1) is 25.2 Å². The van der Waals surface area contributed by atoms with Crippen LogP contribution >= 0.6 is 0 Å². The molecule has 0 amide bonds. The Morgan fingerprint density at radius 2 is 2.00 bits per heavy atom. The fraction of sp³-hybridized carbons (Fsp3) is 0.286. The molecule has 2 aromatic rings. The second-order valence-corrected chi connectivity index (χ2v) is 7.14. The Hall–Kier alpha value is -3.33. The van der Waals surface area contributed by atoms with Gasteiger partial charge in [0.25, 0.3) is 5.56 Å². The standard InChI is InChI=1S/C21H19N3O3/c1-10-6-11(2)19-12(7-10)8-13(21(26)24-19)17-14(9-22)20(23)27-16-5-3-4-15(25)18(16)17/h6-8,17H,3-5,23H2,1-2H3,(H,24,26). The number of aryl methyl sites for hydroxylation is 2. The molecule has 1 aromatic heterocycles. The number of hydrogen-bond donors (Lipinski definition) is 2. The van der Waals surface area contributed by atoms with Gasteiger partial charge in [0.2, 0.25) is 5.88 Å². The highest BCUT2D eigenvalue weighted by molar-refractivity contribution is 5.99. The molecule has 27 heavy (non-hydrogen) atoms. The minimum Gasteiger partial charge on any atom is -0.444 e. The van der Waals surface area contributed by atoms with E-state index in [0.717, 1.165) is 22.0 Å². The first-order valence-corrected chi connectivity index (χ1v) is 8.88. The number of pyridine rings is 1. The molecule has 0 radical (unpaired) electrons. The van der Waals surface area contributed by atoms with Crippen LogP contribution in [-0.2, 0) is 9.53 Å². The van der Waals surface area contributed by atoms with Gasteiger partial charge < -0.3 is 15.5 Å². The number of allylic oxidation sites excluding steroid dienone is 3. The number of aromatic amines is 1. The largest absolute Gasteiger partial charge is 0.444 e. The lowest BCUT2D eigenvalue weighted by Gasteiger charge is -2.30. The smallest absolute Gasteiger partial charge is 0.252 e. The van der Waals surface area contributed by atoms with Gasteiger partial charge in [-0.1, -0.05) is 11.6 Å². The number of carbonyl (C=O) groups excluding carboxylic acids is 1. The Balaban J connectivity index is 2.02. The molecule has 0 spiro atoms. The molecule has 1 aromatic carbocycles. The molecule has 0 saturated heterocycles. The summed E-state index contributed by atoms with van der Waals surface area (Å²) in [6, 6.07) is 7.78. The van der Waals surface area contributed by atoms with E-state index in [0.29, 0.717) is 36.2 Å². The van der Waals surface area contributed by atoms with E-state index >= 15 is 0 Å². The van der Waals surface area contributed by atoms with E-state index in [1.54, 1.807) is 6.07 Å². The molecule has 2 heterocycles. The molecule has 0 bridgehead atoms. The van der Waals surface area contributed by atoms with Crippen molar-refractivity contribution in [1.82, 2.24) is 4.98 Å². The number of aromatic nitrogens is 1. The Labute approximate surface area is 155 Å². The molecular weight excluding hydrogens is 342 g/mol. The number of ketones is 1. The van der Waals surface area contributed by atoms with Crippen LogP contribution < -0.4 is 11.3 Å². The molecule has 6 nitrogen and oxygen atoms in total. The maximum atomic E-state index is 12.9. The van der Waals surface area contributed by atoms with Gasteiger partial charge in [-0.05, 0) is 43.4 Å². The van der Waals surface area contributed by atoms with Crippen LogP contribution in [0.2, 0.25) is 0 Å². The summed E-state index contributed by atoms with van der Waals surface area (Å²) in [4.78, 5) is 28.5. The van der Waals surface area contributed by atoms with Crippen molar-refractivity contribution >= 4 is 16.7 Å². The molecule has 1 unspecified atom stereocenters. The number of nitrogens with two attached hydrogens (primary N) is 1. The van der Waals surface area contributed by atoms with Gasteiger partial charge in [0.15, 0.2) is 5.78 Å². The van der Waals surface area contributed by atoms with Crippen LogP contribution in [0.25, 0.3) is 10.9 Å². The minimum absolute atomic E-state index is 0.0316. The van der Waals surface area contributed by atoms with E-state index in [-0.39, 0.29) is 22.8 Å². The van der Waals surface area contributed by atoms with Crippen LogP contribution in [0.5, 0.6) is 0 Å². The van der Waals surface area contributed by atoms with Crippen LogP contribution in [0.15, 0.2) is 45.8 Å². The number of rotatable bonds is 1. The normalized spacial score (nSPS) is 19.7. The number of fused-ring (bicyclic) bond motifs is 1. The van der Waals surface area contributed by atoms with Crippen molar-refractivity contribution in [3.05, 3.63) is 68.0 Å². The second-order valence-electron chi connectivity index (χ2n) is 7.14. The minimum atomic E-state index is -0.791. The van der Waals surface area contributed by atoms with E-state index in [9.17, 15) is 14.9 Å². The lowest BCUT2D eigenvalue weighted by molar-refractivity contribution is -0.116. The van der Waals surface area contributed by atoms with Gasteiger partial charge in [-0.2, -0.15) is 5.26 Å². The van der Waals surface area contributed by atoms with Gasteiger partial charge in [-0.25, -0.2) is 0 Å². The van der Waals surface area contributed by atoms with Crippen molar-refractivity contribution in [2.24, 2.45) is 5.73 Å². The molecule has 4 rings (SSSR count). The SMILES string of the molecule is Cc1cc(C)c2[nH]c(=O)c(C3C(C#N)=C(N)OC4=C3C(=O)CCC4)cc2c1. The number of carbonyl (C=O) groups is 1. The summed E-state index contributed by atoms with van der Waals surface area (Å²) in [5.74, 6) is -0.439. The average molecular weight is 361 g/mol. The highest BCUT2D eigenvalue weighted by Gasteiger charge is 2.39. The molecule has 3 N–H and O–H groups in total. The predicted octanol–water partition coefficient (Wildman–Crippen LogP) is 2.96. The third kappa shape index (κ3) is 2.63. The van der Waals surface area contributed by atoms with E-state index < -0.39 is 5.92 Å². The lowest BCUT2D eigenvalue weighted by Crippen LogP contribution is -2.30. The summed E-state index contributed by atoms with van der Waals surface area (Å²) in [6.07, 6.45) is 1.62. The zero-order valence-electron chi connectivity index (χ0n) is 15.2.